The van der Waals surface area contributed by atoms with Gasteiger partial charge >= 0.3 is 0 Å². The maximum absolute atomic E-state index is 5.24. The van der Waals surface area contributed by atoms with E-state index in [1.54, 1.807) is 11.3 Å². The first-order chi connectivity index (χ1) is 10.6. The van der Waals surface area contributed by atoms with Crippen molar-refractivity contribution < 1.29 is 4.52 Å². The number of hydrogen-bond acceptors (Lipinski definition) is 6. The molecule has 1 aliphatic heterocycles. The normalized spacial score (nSPS) is 17.2. The molecule has 2 aromatic rings. The summed E-state index contributed by atoms with van der Waals surface area (Å²) in [6.45, 7) is 12.7. The average Bonchev–Trinajstić information content (AvgIpc) is 3.05. The molecule has 0 radical (unpaired) electrons. The number of rotatable bonds is 5. The Hall–Kier alpha value is -1.24. The summed E-state index contributed by atoms with van der Waals surface area (Å²) in [6.07, 6.45) is 1.03. The van der Waals surface area contributed by atoms with Gasteiger partial charge in [-0.25, -0.2) is 4.98 Å². The third-order valence-electron chi connectivity index (χ3n) is 4.38. The summed E-state index contributed by atoms with van der Waals surface area (Å²) in [4.78, 5) is 9.60. The molecule has 0 N–H and O–H groups in total. The van der Waals surface area contributed by atoms with E-state index in [0.717, 1.165) is 62.2 Å². The van der Waals surface area contributed by atoms with Crippen molar-refractivity contribution >= 4 is 11.3 Å². The van der Waals surface area contributed by atoms with Crippen LogP contribution in [0.4, 0.5) is 0 Å². The molecule has 0 atom stereocenters. The van der Waals surface area contributed by atoms with E-state index >= 15 is 0 Å². The number of hydrogen-bond donors (Lipinski definition) is 0. The van der Waals surface area contributed by atoms with Gasteiger partial charge in [0.15, 0.2) is 0 Å². The minimum absolute atomic E-state index is 0.968. The molecule has 0 aromatic carbocycles. The molecule has 0 spiro atoms. The van der Waals surface area contributed by atoms with Crippen LogP contribution < -0.4 is 0 Å². The Morgan fingerprint density at radius 1 is 1.14 bits per heavy atom. The maximum atomic E-state index is 5.24. The van der Waals surface area contributed by atoms with E-state index in [4.69, 9.17) is 4.52 Å². The molecule has 120 valence electrons. The molecule has 3 heterocycles. The fourth-order valence-electron chi connectivity index (χ4n) is 3.01. The second-order valence-corrected chi connectivity index (χ2v) is 7.09. The zero-order valence-electron chi connectivity index (χ0n) is 13.6. The van der Waals surface area contributed by atoms with E-state index in [1.165, 1.54) is 11.3 Å². The van der Waals surface area contributed by atoms with E-state index < -0.39 is 0 Å². The number of aromatic nitrogens is 2. The molecule has 1 saturated heterocycles. The summed E-state index contributed by atoms with van der Waals surface area (Å²) >= 11 is 1.74. The first-order valence-corrected chi connectivity index (χ1v) is 8.77. The SMILES string of the molecule is Cc1nc(CN2CCN(CCc3c(C)noc3C)CC2)cs1. The van der Waals surface area contributed by atoms with E-state index in [1.807, 2.05) is 13.8 Å². The highest BCUT2D eigenvalue weighted by Crippen LogP contribution is 2.15. The monoisotopic (exact) mass is 320 g/mol. The van der Waals surface area contributed by atoms with Crippen molar-refractivity contribution in [2.45, 2.75) is 33.7 Å². The zero-order valence-corrected chi connectivity index (χ0v) is 14.4. The molecule has 1 aliphatic rings. The standard InChI is InChI=1S/C16H24N4OS/c1-12-16(13(2)21-18-12)4-5-19-6-8-20(9-7-19)10-15-11-22-14(3)17-15/h11H,4-10H2,1-3H3. The summed E-state index contributed by atoms with van der Waals surface area (Å²) in [5.74, 6) is 0.968. The Balaban J connectivity index is 1.44. The lowest BCUT2D eigenvalue weighted by molar-refractivity contribution is 0.127. The van der Waals surface area contributed by atoms with Gasteiger partial charge in [-0.15, -0.1) is 11.3 Å². The average molecular weight is 320 g/mol. The molecule has 0 aliphatic carbocycles. The minimum Gasteiger partial charge on any atom is -0.361 e. The summed E-state index contributed by atoms with van der Waals surface area (Å²) in [7, 11) is 0. The predicted octanol–water partition coefficient (Wildman–Crippen LogP) is 2.42. The molecule has 1 fully saturated rings. The molecule has 0 unspecified atom stereocenters. The fourth-order valence-corrected chi connectivity index (χ4v) is 3.61. The van der Waals surface area contributed by atoms with Crippen LogP contribution in [0.3, 0.4) is 0 Å². The van der Waals surface area contributed by atoms with Gasteiger partial charge in [0, 0.05) is 50.2 Å². The van der Waals surface area contributed by atoms with Gasteiger partial charge in [-0.3, -0.25) is 4.90 Å². The zero-order chi connectivity index (χ0) is 15.5. The first kappa shape index (κ1) is 15.6. The predicted molar refractivity (Wildman–Crippen MR) is 88.2 cm³/mol. The Labute approximate surface area is 135 Å². The summed E-state index contributed by atoms with van der Waals surface area (Å²) < 4.78 is 5.24. The van der Waals surface area contributed by atoms with Crippen LogP contribution in [0.5, 0.6) is 0 Å². The molecule has 3 rings (SSSR count). The van der Waals surface area contributed by atoms with Gasteiger partial charge in [0.05, 0.1) is 16.4 Å². The van der Waals surface area contributed by atoms with Gasteiger partial charge in [0.25, 0.3) is 0 Å². The van der Waals surface area contributed by atoms with Crippen LogP contribution in [0.25, 0.3) is 0 Å². The Morgan fingerprint density at radius 3 is 2.45 bits per heavy atom. The lowest BCUT2D eigenvalue weighted by atomic mass is 10.1. The third kappa shape index (κ3) is 3.74. The van der Waals surface area contributed by atoms with Crippen molar-refractivity contribution in [1.29, 1.82) is 0 Å². The van der Waals surface area contributed by atoms with Crippen LogP contribution in [0.15, 0.2) is 9.90 Å². The van der Waals surface area contributed by atoms with Crippen LogP contribution in [-0.2, 0) is 13.0 Å². The highest BCUT2D eigenvalue weighted by molar-refractivity contribution is 7.09. The number of thiazole rings is 1. The minimum atomic E-state index is 0.968. The largest absolute Gasteiger partial charge is 0.361 e. The fraction of sp³-hybridized carbons (Fsp3) is 0.625. The van der Waals surface area contributed by atoms with Crippen molar-refractivity contribution in [2.24, 2.45) is 0 Å². The van der Waals surface area contributed by atoms with Gasteiger partial charge in [-0.05, 0) is 27.2 Å². The van der Waals surface area contributed by atoms with Crippen LogP contribution in [0.1, 0.15) is 27.7 Å². The summed E-state index contributed by atoms with van der Waals surface area (Å²) in [6, 6.07) is 0. The topological polar surface area (TPSA) is 45.4 Å². The van der Waals surface area contributed by atoms with E-state index in [9.17, 15) is 0 Å². The summed E-state index contributed by atoms with van der Waals surface area (Å²) in [5, 5.41) is 7.37. The molecular formula is C16H24N4OS. The van der Waals surface area contributed by atoms with Crippen molar-refractivity contribution in [3.05, 3.63) is 33.1 Å². The van der Waals surface area contributed by atoms with Gasteiger partial charge in [-0.2, -0.15) is 0 Å². The lowest BCUT2D eigenvalue weighted by Crippen LogP contribution is -2.46. The molecular weight excluding hydrogens is 296 g/mol. The number of piperazine rings is 1. The lowest BCUT2D eigenvalue weighted by Gasteiger charge is -2.34. The Bertz CT molecular complexity index is 594. The number of aryl methyl sites for hydroxylation is 3. The Morgan fingerprint density at radius 2 is 1.86 bits per heavy atom. The highest BCUT2D eigenvalue weighted by atomic mass is 32.1. The molecule has 2 aromatic heterocycles. The van der Waals surface area contributed by atoms with Gasteiger partial charge in [0.1, 0.15) is 5.76 Å². The molecule has 0 saturated carbocycles. The van der Waals surface area contributed by atoms with Crippen LogP contribution >= 0.6 is 11.3 Å². The second kappa shape index (κ2) is 6.89. The third-order valence-corrected chi connectivity index (χ3v) is 5.20. The van der Waals surface area contributed by atoms with E-state index in [-0.39, 0.29) is 0 Å². The van der Waals surface area contributed by atoms with Crippen molar-refractivity contribution in [3.63, 3.8) is 0 Å². The molecule has 0 amide bonds. The second-order valence-electron chi connectivity index (χ2n) is 6.03. The highest BCUT2D eigenvalue weighted by Gasteiger charge is 2.18. The summed E-state index contributed by atoms with van der Waals surface area (Å²) in [5.41, 5.74) is 3.53. The number of nitrogens with zero attached hydrogens (tertiary/aromatic N) is 4. The van der Waals surface area contributed by atoms with Crippen molar-refractivity contribution in [2.75, 3.05) is 32.7 Å². The smallest absolute Gasteiger partial charge is 0.137 e. The molecule has 0 bridgehead atoms. The molecule has 22 heavy (non-hydrogen) atoms. The van der Waals surface area contributed by atoms with Crippen LogP contribution in [-0.4, -0.2) is 52.7 Å². The van der Waals surface area contributed by atoms with Crippen molar-refractivity contribution in [1.82, 2.24) is 19.9 Å². The van der Waals surface area contributed by atoms with E-state index in [0.29, 0.717) is 0 Å². The molecule has 6 heteroatoms. The van der Waals surface area contributed by atoms with Gasteiger partial charge in [-0.1, -0.05) is 5.16 Å². The Kier molecular flexibility index (Phi) is 4.90. The first-order valence-electron chi connectivity index (χ1n) is 7.89. The maximum Gasteiger partial charge on any atom is 0.137 e. The molecule has 5 nitrogen and oxygen atoms in total. The van der Waals surface area contributed by atoms with Crippen LogP contribution in [0, 0.1) is 20.8 Å². The van der Waals surface area contributed by atoms with E-state index in [2.05, 4.69) is 32.2 Å². The quantitative estimate of drug-likeness (QED) is 0.846. The van der Waals surface area contributed by atoms with Crippen LogP contribution in [0.2, 0.25) is 0 Å². The van der Waals surface area contributed by atoms with Gasteiger partial charge in [0.2, 0.25) is 0 Å². The van der Waals surface area contributed by atoms with Gasteiger partial charge < -0.3 is 9.42 Å². The van der Waals surface area contributed by atoms with Crippen molar-refractivity contribution in [3.8, 4) is 0 Å².